The Labute approximate surface area is 164 Å². The highest BCUT2D eigenvalue weighted by molar-refractivity contribution is 6.15. The molecule has 5 rings (SSSR count). The van der Waals surface area contributed by atoms with Gasteiger partial charge >= 0.3 is 0 Å². The maximum Gasteiger partial charge on any atom is 0.166 e. The van der Waals surface area contributed by atoms with E-state index in [1.54, 1.807) is 21.3 Å². The molecule has 1 fully saturated rings. The average molecular weight is 379 g/mol. The van der Waals surface area contributed by atoms with Crippen LogP contribution in [0.15, 0.2) is 24.3 Å². The molecule has 2 aliphatic rings. The van der Waals surface area contributed by atoms with E-state index in [1.807, 2.05) is 12.1 Å². The Morgan fingerprint density at radius 3 is 2.32 bits per heavy atom. The first-order valence-corrected chi connectivity index (χ1v) is 9.79. The quantitative estimate of drug-likeness (QED) is 0.690. The zero-order chi connectivity index (χ0) is 19.4. The molecule has 2 aliphatic heterocycles. The molecule has 146 valence electrons. The van der Waals surface area contributed by atoms with Crippen molar-refractivity contribution < 1.29 is 19.3 Å². The van der Waals surface area contributed by atoms with Crippen molar-refractivity contribution in [3.63, 3.8) is 0 Å². The number of nitrogens with zero attached hydrogens (tertiary/aromatic N) is 1. The summed E-state index contributed by atoms with van der Waals surface area (Å²) in [6.07, 6.45) is 3.51. The van der Waals surface area contributed by atoms with Crippen molar-refractivity contribution in [1.29, 1.82) is 0 Å². The van der Waals surface area contributed by atoms with Gasteiger partial charge in [0.1, 0.15) is 0 Å². The van der Waals surface area contributed by atoms with Crippen LogP contribution in [0, 0.1) is 0 Å². The minimum Gasteiger partial charge on any atom is -0.504 e. The fourth-order valence-electron chi connectivity index (χ4n) is 5.11. The van der Waals surface area contributed by atoms with E-state index in [1.165, 1.54) is 24.0 Å². The van der Waals surface area contributed by atoms with E-state index >= 15 is 0 Å². The second kappa shape index (κ2) is 6.45. The van der Waals surface area contributed by atoms with Crippen molar-refractivity contribution in [2.45, 2.75) is 31.8 Å². The van der Waals surface area contributed by atoms with Gasteiger partial charge in [-0.15, -0.1) is 0 Å². The summed E-state index contributed by atoms with van der Waals surface area (Å²) < 4.78 is 16.5. The molecule has 0 aliphatic carbocycles. The molecule has 5 nitrogen and oxygen atoms in total. The van der Waals surface area contributed by atoms with Gasteiger partial charge in [0, 0.05) is 18.0 Å². The van der Waals surface area contributed by atoms with Crippen molar-refractivity contribution in [1.82, 2.24) is 4.90 Å². The molecule has 0 radical (unpaired) electrons. The third-order valence-electron chi connectivity index (χ3n) is 6.47. The van der Waals surface area contributed by atoms with Gasteiger partial charge in [0.2, 0.25) is 0 Å². The lowest BCUT2D eigenvalue weighted by atomic mass is 9.85. The lowest BCUT2D eigenvalue weighted by molar-refractivity contribution is 0.229. The van der Waals surface area contributed by atoms with Gasteiger partial charge in [0.25, 0.3) is 0 Å². The maximum atomic E-state index is 11.0. The Kier molecular flexibility index (Phi) is 4.02. The molecule has 0 bridgehead atoms. The van der Waals surface area contributed by atoms with Gasteiger partial charge in [-0.3, -0.25) is 4.90 Å². The minimum absolute atomic E-state index is 0.189. The molecule has 0 unspecified atom stereocenters. The standard InChI is InChI=1S/C23H25NO4/c1-26-19-7-6-14-15-9-13-5-4-8-24(13)12-18(15)16-10-20(27-2)21(28-3)11-17(16)22(14)23(19)25/h6-7,10-11,13,25H,4-5,8-9,12H2,1-3H3/t13-/m1/s1. The molecular formula is C23H25NO4. The summed E-state index contributed by atoms with van der Waals surface area (Å²) in [4.78, 5) is 2.59. The summed E-state index contributed by atoms with van der Waals surface area (Å²) in [6.45, 7) is 2.10. The molecule has 3 aromatic rings. The molecule has 1 saturated heterocycles. The topological polar surface area (TPSA) is 51.2 Å². The number of fused-ring (bicyclic) bond motifs is 7. The molecule has 0 saturated carbocycles. The number of rotatable bonds is 3. The smallest absolute Gasteiger partial charge is 0.166 e. The van der Waals surface area contributed by atoms with E-state index in [0.29, 0.717) is 23.3 Å². The van der Waals surface area contributed by atoms with Gasteiger partial charge in [0.05, 0.1) is 21.3 Å². The van der Waals surface area contributed by atoms with Gasteiger partial charge in [0.15, 0.2) is 23.0 Å². The first-order valence-electron chi connectivity index (χ1n) is 9.79. The number of ether oxygens (including phenoxy) is 3. The molecule has 28 heavy (non-hydrogen) atoms. The summed E-state index contributed by atoms with van der Waals surface area (Å²) in [5, 5.41) is 15.1. The highest BCUT2D eigenvalue weighted by Gasteiger charge is 2.33. The molecule has 0 spiro atoms. The number of aromatic hydroxyl groups is 1. The molecule has 0 aromatic heterocycles. The van der Waals surface area contributed by atoms with E-state index in [-0.39, 0.29) is 5.75 Å². The Balaban J connectivity index is 1.92. The van der Waals surface area contributed by atoms with Gasteiger partial charge in [-0.1, -0.05) is 6.07 Å². The largest absolute Gasteiger partial charge is 0.504 e. The molecule has 1 N–H and O–H groups in total. The first-order chi connectivity index (χ1) is 13.7. The summed E-state index contributed by atoms with van der Waals surface area (Å²) in [5.74, 6) is 2.05. The summed E-state index contributed by atoms with van der Waals surface area (Å²) in [6, 6.07) is 8.59. The minimum atomic E-state index is 0.189. The third kappa shape index (κ3) is 2.35. The fourth-order valence-corrected chi connectivity index (χ4v) is 5.11. The number of benzene rings is 3. The number of hydrogen-bond acceptors (Lipinski definition) is 5. The zero-order valence-corrected chi connectivity index (χ0v) is 16.5. The van der Waals surface area contributed by atoms with Gasteiger partial charge in [-0.2, -0.15) is 0 Å². The Morgan fingerprint density at radius 1 is 0.893 bits per heavy atom. The predicted molar refractivity (Wildman–Crippen MR) is 110 cm³/mol. The van der Waals surface area contributed by atoms with Crippen molar-refractivity contribution in [2.75, 3.05) is 27.9 Å². The first kappa shape index (κ1) is 17.4. The van der Waals surface area contributed by atoms with Crippen LogP contribution in [-0.4, -0.2) is 43.9 Å². The lowest BCUT2D eigenvalue weighted by Gasteiger charge is -2.33. The molecular weight excluding hydrogens is 354 g/mol. The van der Waals surface area contributed by atoms with E-state index in [0.717, 1.165) is 41.1 Å². The van der Waals surface area contributed by atoms with Gasteiger partial charge < -0.3 is 19.3 Å². The summed E-state index contributed by atoms with van der Waals surface area (Å²) in [5.41, 5.74) is 2.68. The third-order valence-corrected chi connectivity index (χ3v) is 6.47. The fraction of sp³-hybridized carbons (Fsp3) is 0.391. The summed E-state index contributed by atoms with van der Waals surface area (Å²) >= 11 is 0. The van der Waals surface area contributed by atoms with Crippen molar-refractivity contribution in [3.05, 3.63) is 35.4 Å². The Morgan fingerprint density at radius 2 is 1.61 bits per heavy atom. The summed E-state index contributed by atoms with van der Waals surface area (Å²) in [7, 11) is 4.88. The predicted octanol–water partition coefficient (Wildman–Crippen LogP) is 4.24. The second-order valence-electron chi connectivity index (χ2n) is 7.72. The normalized spacial score (nSPS) is 18.9. The lowest BCUT2D eigenvalue weighted by Crippen LogP contribution is -2.35. The zero-order valence-electron chi connectivity index (χ0n) is 16.5. The monoisotopic (exact) mass is 379 g/mol. The van der Waals surface area contributed by atoms with Crippen LogP contribution in [0.1, 0.15) is 24.0 Å². The molecule has 0 amide bonds. The van der Waals surface area contributed by atoms with E-state index < -0.39 is 0 Å². The molecule has 3 aromatic carbocycles. The van der Waals surface area contributed by atoms with Crippen molar-refractivity contribution in [3.8, 4) is 23.0 Å². The van der Waals surface area contributed by atoms with Crippen LogP contribution >= 0.6 is 0 Å². The number of phenols is 1. The van der Waals surface area contributed by atoms with E-state index in [4.69, 9.17) is 14.2 Å². The van der Waals surface area contributed by atoms with E-state index in [9.17, 15) is 5.11 Å². The Bertz CT molecular complexity index is 1090. The van der Waals surface area contributed by atoms with E-state index in [2.05, 4.69) is 17.0 Å². The molecule has 5 heteroatoms. The number of hydrogen-bond donors (Lipinski definition) is 1. The highest BCUT2D eigenvalue weighted by atomic mass is 16.5. The van der Waals surface area contributed by atoms with Crippen LogP contribution in [0.25, 0.3) is 21.5 Å². The average Bonchev–Trinajstić information content (AvgIpc) is 3.19. The number of methoxy groups -OCH3 is 3. The van der Waals surface area contributed by atoms with Crippen molar-refractivity contribution >= 4 is 21.5 Å². The van der Waals surface area contributed by atoms with Gasteiger partial charge in [-0.05, 0) is 71.3 Å². The highest BCUT2D eigenvalue weighted by Crippen LogP contribution is 2.47. The SMILES string of the molecule is COc1cc2c3c(c4ccc(OC)c(O)c4c2cc1OC)C[C@H]1CCCN1C3. The van der Waals surface area contributed by atoms with Crippen LogP contribution < -0.4 is 14.2 Å². The Hall–Kier alpha value is -2.66. The van der Waals surface area contributed by atoms with Crippen LogP contribution in [0.5, 0.6) is 23.0 Å². The molecule has 1 atom stereocenters. The second-order valence-corrected chi connectivity index (χ2v) is 7.72. The van der Waals surface area contributed by atoms with Crippen LogP contribution in [0.4, 0.5) is 0 Å². The maximum absolute atomic E-state index is 11.0. The van der Waals surface area contributed by atoms with Crippen LogP contribution in [0.3, 0.4) is 0 Å². The van der Waals surface area contributed by atoms with Crippen LogP contribution in [0.2, 0.25) is 0 Å². The van der Waals surface area contributed by atoms with Crippen molar-refractivity contribution in [2.24, 2.45) is 0 Å². The van der Waals surface area contributed by atoms with Gasteiger partial charge in [-0.25, -0.2) is 0 Å². The van der Waals surface area contributed by atoms with Crippen LogP contribution in [-0.2, 0) is 13.0 Å². The number of phenolic OH excluding ortho intramolecular Hbond substituents is 1. The molecule has 2 heterocycles.